The molecule has 230 valence electrons. The van der Waals surface area contributed by atoms with Gasteiger partial charge in [0.2, 0.25) is 11.8 Å². The van der Waals surface area contributed by atoms with Crippen molar-refractivity contribution in [1.82, 2.24) is 10.6 Å². The van der Waals surface area contributed by atoms with Crippen LogP contribution in [0, 0.1) is 21.4 Å². The van der Waals surface area contributed by atoms with Gasteiger partial charge in [0.25, 0.3) is 0 Å². The summed E-state index contributed by atoms with van der Waals surface area (Å²) < 4.78 is 3.42. The highest BCUT2D eigenvalue weighted by molar-refractivity contribution is 14.1. The monoisotopic (exact) mass is 1260 g/mol. The van der Waals surface area contributed by atoms with Crippen molar-refractivity contribution in [1.29, 1.82) is 0 Å². The highest BCUT2D eigenvalue weighted by Gasteiger charge is 2.29. The maximum absolute atomic E-state index is 13.6. The van der Waals surface area contributed by atoms with E-state index in [2.05, 4.69) is 10.6 Å². The molecule has 43 heavy (non-hydrogen) atoms. The van der Waals surface area contributed by atoms with E-state index in [0.717, 1.165) is 5.56 Å². The highest BCUT2D eigenvalue weighted by atomic mass is 127. The smallest absolute Gasteiger partial charge is 0.326 e. The lowest BCUT2D eigenvalue weighted by molar-refractivity contribution is -0.142. The fourth-order valence-corrected chi connectivity index (χ4v) is 9.68. The van der Waals surface area contributed by atoms with E-state index in [4.69, 9.17) is 5.73 Å². The molecule has 3 atom stereocenters. The molecule has 0 fully saturated rings. The van der Waals surface area contributed by atoms with E-state index < -0.39 is 35.9 Å². The van der Waals surface area contributed by atoms with Crippen LogP contribution in [0.3, 0.4) is 0 Å². The number of benzene rings is 3. The largest absolute Gasteiger partial charge is 0.506 e. The lowest BCUT2D eigenvalue weighted by atomic mass is 10.0. The van der Waals surface area contributed by atoms with E-state index in [9.17, 15) is 34.8 Å². The number of hydrogen-bond acceptors (Lipinski definition) is 7. The predicted octanol–water partition coefficient (Wildman–Crippen LogP) is 4.84. The van der Waals surface area contributed by atoms with Crippen LogP contribution < -0.4 is 16.4 Å². The first-order valence-corrected chi connectivity index (χ1v) is 18.6. The van der Waals surface area contributed by atoms with E-state index in [0.29, 0.717) is 32.5 Å². The Kier molecular flexibility index (Phi) is 14.4. The number of phenols is 3. The van der Waals surface area contributed by atoms with E-state index >= 15 is 0 Å². The van der Waals surface area contributed by atoms with E-state index in [1.807, 2.05) is 136 Å². The number of nitrogens with one attached hydrogen (secondary N) is 2. The molecular weight excluding hydrogens is 1240 g/mol. The van der Waals surface area contributed by atoms with Crippen molar-refractivity contribution in [2.24, 2.45) is 5.73 Å². The van der Waals surface area contributed by atoms with Gasteiger partial charge in [-0.1, -0.05) is 0 Å². The predicted molar refractivity (Wildman–Crippen MR) is 211 cm³/mol. The Labute approximate surface area is 329 Å². The summed E-state index contributed by atoms with van der Waals surface area (Å²) in [5.74, 6) is -2.27. The normalized spacial score (nSPS) is 13.2. The number of carboxylic acids is 1. The number of rotatable bonds is 11. The van der Waals surface area contributed by atoms with E-state index in [-0.39, 0.29) is 36.5 Å². The molecule has 0 radical (unpaired) electrons. The molecule has 3 rings (SSSR count). The Balaban J connectivity index is 1.86. The van der Waals surface area contributed by atoms with Crippen LogP contribution in [-0.4, -0.2) is 56.3 Å². The van der Waals surface area contributed by atoms with Crippen molar-refractivity contribution < 1.29 is 34.8 Å². The molecule has 3 aromatic carbocycles. The van der Waals surface area contributed by atoms with Crippen LogP contribution in [0.15, 0.2) is 36.4 Å². The molecule has 0 aliphatic carbocycles. The van der Waals surface area contributed by atoms with Gasteiger partial charge in [0, 0.05) is 12.8 Å². The minimum atomic E-state index is -1.32. The van der Waals surface area contributed by atoms with Gasteiger partial charge in [0.05, 0.1) is 27.5 Å². The van der Waals surface area contributed by atoms with Gasteiger partial charge in [-0.3, -0.25) is 9.59 Å². The molecule has 3 unspecified atom stereocenters. The third kappa shape index (κ3) is 10.4. The van der Waals surface area contributed by atoms with Crippen molar-refractivity contribution in [2.45, 2.75) is 37.4 Å². The number of amides is 2. The third-order valence-corrected chi connectivity index (χ3v) is 11.1. The molecule has 0 aromatic heterocycles. The molecule has 0 aliphatic heterocycles. The minimum Gasteiger partial charge on any atom is -0.506 e. The lowest BCUT2D eigenvalue weighted by Crippen LogP contribution is -2.55. The second-order valence-electron chi connectivity index (χ2n) is 9.40. The molecule has 0 saturated carbocycles. The van der Waals surface area contributed by atoms with Crippen molar-refractivity contribution in [3.8, 4) is 17.2 Å². The highest BCUT2D eigenvalue weighted by Crippen LogP contribution is 2.30. The fourth-order valence-electron chi connectivity index (χ4n) is 3.99. The molecule has 2 amide bonds. The first-order valence-electron chi connectivity index (χ1n) is 12.2. The zero-order valence-corrected chi connectivity index (χ0v) is 34.6. The molecule has 0 saturated heterocycles. The molecule has 0 bridgehead atoms. The van der Waals surface area contributed by atoms with Gasteiger partial charge < -0.3 is 36.8 Å². The molecular formula is C27H23I6N3O7. The van der Waals surface area contributed by atoms with Crippen molar-refractivity contribution >= 4 is 153 Å². The van der Waals surface area contributed by atoms with Crippen LogP contribution in [0.5, 0.6) is 17.2 Å². The summed E-state index contributed by atoms with van der Waals surface area (Å²) in [5.41, 5.74) is 8.19. The zero-order valence-electron chi connectivity index (χ0n) is 21.7. The summed E-state index contributed by atoms with van der Waals surface area (Å²) >= 11 is 11.8. The maximum Gasteiger partial charge on any atom is 0.326 e. The summed E-state index contributed by atoms with van der Waals surface area (Å²) in [6.07, 6.45) is 0.0882. The van der Waals surface area contributed by atoms with Crippen LogP contribution in [0.2, 0.25) is 0 Å². The topological polar surface area (TPSA) is 182 Å². The Morgan fingerprint density at radius 3 is 1.23 bits per heavy atom. The van der Waals surface area contributed by atoms with Gasteiger partial charge in [0.1, 0.15) is 29.3 Å². The van der Waals surface area contributed by atoms with Gasteiger partial charge >= 0.3 is 5.97 Å². The van der Waals surface area contributed by atoms with Gasteiger partial charge in [-0.25, -0.2) is 4.79 Å². The van der Waals surface area contributed by atoms with Crippen molar-refractivity contribution in [2.75, 3.05) is 0 Å². The SMILES string of the molecule is NC(Cc1cc(I)c(O)c(I)c1)C(=O)NC(Cc1cc(I)c(O)c(I)c1)C(=O)NC(Cc1cc(I)c(O)c(I)c1)C(=O)O. The van der Waals surface area contributed by atoms with E-state index in [1.54, 1.807) is 36.4 Å². The minimum absolute atomic E-state index is 0.00687. The standard InChI is InChI=1S/C27H23I6N3O7/c28-13-1-10(2-14(29)22(13)37)7-19(34)25(40)35-20(8-11-3-15(30)23(38)16(31)4-11)26(41)36-21(27(42)43)9-12-5-17(32)24(39)18(33)6-12/h1-6,19-21,37-39H,7-9,34H2,(H,35,40)(H,36,41)(H,42,43). The van der Waals surface area contributed by atoms with Crippen molar-refractivity contribution in [3.63, 3.8) is 0 Å². The van der Waals surface area contributed by atoms with Gasteiger partial charge in [-0.15, -0.1) is 0 Å². The Bertz CT molecular complexity index is 1500. The molecule has 8 N–H and O–H groups in total. The second kappa shape index (κ2) is 16.6. The molecule has 10 nitrogen and oxygen atoms in total. The quantitative estimate of drug-likeness (QED) is 0.133. The number of halogens is 6. The first kappa shape index (κ1) is 37.3. The number of carbonyl (C=O) groups is 3. The van der Waals surface area contributed by atoms with Crippen molar-refractivity contribution in [3.05, 3.63) is 74.5 Å². The second-order valence-corrected chi connectivity index (χ2v) is 16.4. The Morgan fingerprint density at radius 1 is 0.581 bits per heavy atom. The van der Waals surface area contributed by atoms with E-state index in [1.165, 1.54) is 0 Å². The fraction of sp³-hybridized carbons (Fsp3) is 0.222. The molecule has 3 aromatic rings. The number of carbonyl (C=O) groups excluding carboxylic acids is 2. The summed E-state index contributed by atoms with van der Waals surface area (Å²) in [6, 6.07) is 6.55. The summed E-state index contributed by atoms with van der Waals surface area (Å²) in [4.78, 5) is 39.0. The number of hydrogen-bond donors (Lipinski definition) is 7. The number of aromatic hydroxyl groups is 3. The molecule has 0 heterocycles. The first-order chi connectivity index (χ1) is 20.1. The van der Waals surface area contributed by atoms with Crippen LogP contribution >= 0.6 is 136 Å². The van der Waals surface area contributed by atoms with Gasteiger partial charge in [-0.05, 0) is 195 Å². The molecule has 0 aliphatic rings. The molecule has 16 heteroatoms. The summed E-state index contributed by atoms with van der Waals surface area (Å²) in [5, 5.41) is 45.5. The van der Waals surface area contributed by atoms with Gasteiger partial charge in [-0.2, -0.15) is 0 Å². The summed E-state index contributed by atoms with van der Waals surface area (Å²) in [6.45, 7) is 0. The average Bonchev–Trinajstić information content (AvgIpc) is 2.92. The van der Waals surface area contributed by atoms with Gasteiger partial charge in [0.15, 0.2) is 0 Å². The third-order valence-electron chi connectivity index (χ3n) is 6.15. The lowest BCUT2D eigenvalue weighted by Gasteiger charge is -2.24. The summed E-state index contributed by atoms with van der Waals surface area (Å²) in [7, 11) is 0. The number of phenolic OH excluding ortho intramolecular Hbond substituents is 3. The molecule has 0 spiro atoms. The van der Waals surface area contributed by atoms with Crippen LogP contribution in [-0.2, 0) is 33.6 Å². The number of aliphatic carboxylic acids is 1. The van der Waals surface area contributed by atoms with Crippen LogP contribution in [0.25, 0.3) is 0 Å². The van der Waals surface area contributed by atoms with Crippen LogP contribution in [0.1, 0.15) is 16.7 Å². The zero-order chi connectivity index (χ0) is 32.2. The average molecular weight is 1260 g/mol. The number of nitrogens with two attached hydrogens (primary N) is 1. The number of carboxylic acid groups (broad SMARTS) is 1. The maximum atomic E-state index is 13.6. The van der Waals surface area contributed by atoms with Crippen LogP contribution in [0.4, 0.5) is 0 Å². The Hall–Kier alpha value is -0.190. The Morgan fingerprint density at radius 2 is 0.884 bits per heavy atom.